The third-order valence-corrected chi connectivity index (χ3v) is 2.17. The van der Waals surface area contributed by atoms with Crippen LogP contribution in [0.3, 0.4) is 0 Å². The first-order valence-electron chi connectivity index (χ1n) is 5.19. The Morgan fingerprint density at radius 3 is 2.79 bits per heavy atom. The number of ether oxygens (including phenoxy) is 1. The minimum absolute atomic E-state index is 0.339. The summed E-state index contributed by atoms with van der Waals surface area (Å²) in [6.07, 6.45) is 0.366. The molecule has 0 aromatic heterocycles. The maximum Gasteiger partial charge on any atom is 0.125 e. The zero-order valence-electron chi connectivity index (χ0n) is 9.08. The lowest BCUT2D eigenvalue weighted by Gasteiger charge is -2.22. The normalized spacial score (nSPS) is 18.7. The van der Waals surface area contributed by atoms with Crippen molar-refractivity contribution in [3.63, 3.8) is 0 Å². The fourth-order valence-electron chi connectivity index (χ4n) is 1.50. The molecule has 14 heavy (non-hydrogen) atoms. The highest BCUT2D eigenvalue weighted by Gasteiger charge is 2.18. The van der Waals surface area contributed by atoms with Gasteiger partial charge < -0.3 is 9.84 Å². The molecule has 1 unspecified atom stereocenters. The summed E-state index contributed by atoms with van der Waals surface area (Å²) < 4.78 is 5.39. The molecule has 78 valence electrons. The predicted octanol–water partition coefficient (Wildman–Crippen LogP) is 2.84. The monoisotopic (exact) mass is 194 g/mol. The molecule has 0 saturated heterocycles. The largest absolute Gasteiger partial charge is 0.493 e. The van der Waals surface area contributed by atoms with E-state index in [0.717, 1.165) is 11.3 Å². The molecule has 1 aromatic rings. The smallest absolute Gasteiger partial charge is 0.125 e. The second-order valence-electron chi connectivity index (χ2n) is 3.19. The summed E-state index contributed by atoms with van der Waals surface area (Å²) in [5, 5.41) is 9.61. The van der Waals surface area contributed by atoms with Gasteiger partial charge in [-0.25, -0.2) is 0 Å². The first-order chi connectivity index (χ1) is 6.77. The van der Waals surface area contributed by atoms with Crippen LogP contribution in [-0.4, -0.2) is 11.7 Å². The number of hydrogen-bond acceptors (Lipinski definition) is 2. The minimum Gasteiger partial charge on any atom is -0.493 e. The van der Waals surface area contributed by atoms with E-state index in [-0.39, 0.29) is 6.10 Å². The van der Waals surface area contributed by atoms with Crippen molar-refractivity contribution in [3.05, 3.63) is 29.3 Å². The van der Waals surface area contributed by atoms with Crippen LogP contribution in [0.5, 0.6) is 5.75 Å². The summed E-state index contributed by atoms with van der Waals surface area (Å²) in [6, 6.07) is 5.91. The van der Waals surface area contributed by atoms with Gasteiger partial charge in [-0.2, -0.15) is 0 Å². The van der Waals surface area contributed by atoms with Gasteiger partial charge in [-0.05, 0) is 19.1 Å². The van der Waals surface area contributed by atoms with Crippen molar-refractivity contribution in [2.75, 3.05) is 6.61 Å². The zero-order valence-corrected chi connectivity index (χ0v) is 9.08. The molecule has 1 N–H and O–H groups in total. The van der Waals surface area contributed by atoms with Crippen LogP contribution in [0, 0.1) is 6.92 Å². The SMILES string of the molecule is CC.Cc1ccc2c(c1)C(O)CCO2. The Bertz CT molecular complexity index is 294. The molecule has 0 spiro atoms. The summed E-state index contributed by atoms with van der Waals surface area (Å²) in [5.74, 6) is 0.833. The number of aliphatic hydroxyl groups is 1. The number of hydrogen-bond donors (Lipinski definition) is 1. The molecular weight excluding hydrogens is 176 g/mol. The second kappa shape index (κ2) is 5.01. The number of aliphatic hydroxyl groups excluding tert-OH is 1. The molecule has 1 aliphatic heterocycles. The maximum absolute atomic E-state index is 9.61. The van der Waals surface area contributed by atoms with E-state index in [2.05, 4.69) is 0 Å². The molecule has 2 heteroatoms. The standard InChI is InChI=1S/C10H12O2.C2H6/c1-7-2-3-10-8(6-7)9(11)4-5-12-10;1-2/h2-3,6,9,11H,4-5H2,1H3;1-2H3. The van der Waals surface area contributed by atoms with Gasteiger partial charge in [0, 0.05) is 12.0 Å². The highest BCUT2D eigenvalue weighted by atomic mass is 16.5. The molecule has 0 aliphatic carbocycles. The van der Waals surface area contributed by atoms with E-state index < -0.39 is 0 Å². The summed E-state index contributed by atoms with van der Waals surface area (Å²) >= 11 is 0. The fourth-order valence-corrected chi connectivity index (χ4v) is 1.50. The Kier molecular flexibility index (Phi) is 3.96. The average Bonchev–Trinajstić information content (AvgIpc) is 2.22. The zero-order chi connectivity index (χ0) is 10.6. The van der Waals surface area contributed by atoms with Crippen LogP contribution in [-0.2, 0) is 0 Å². The Morgan fingerprint density at radius 2 is 2.07 bits per heavy atom. The topological polar surface area (TPSA) is 29.5 Å². The van der Waals surface area contributed by atoms with Gasteiger partial charge in [0.2, 0.25) is 0 Å². The molecular formula is C12H18O2. The first-order valence-corrected chi connectivity index (χ1v) is 5.19. The molecule has 1 aromatic carbocycles. The van der Waals surface area contributed by atoms with Crippen LogP contribution in [0.4, 0.5) is 0 Å². The van der Waals surface area contributed by atoms with Crippen molar-refractivity contribution in [1.29, 1.82) is 0 Å². The summed E-state index contributed by atoms with van der Waals surface area (Å²) in [5.41, 5.74) is 2.10. The van der Waals surface area contributed by atoms with Crippen molar-refractivity contribution in [1.82, 2.24) is 0 Å². The number of aryl methyl sites for hydroxylation is 1. The Hall–Kier alpha value is -1.02. The molecule has 2 nitrogen and oxygen atoms in total. The number of benzene rings is 1. The predicted molar refractivity (Wildman–Crippen MR) is 57.6 cm³/mol. The van der Waals surface area contributed by atoms with Crippen LogP contribution in [0.1, 0.15) is 37.5 Å². The molecule has 0 fully saturated rings. The fraction of sp³-hybridized carbons (Fsp3) is 0.500. The van der Waals surface area contributed by atoms with E-state index in [1.165, 1.54) is 5.56 Å². The van der Waals surface area contributed by atoms with Crippen LogP contribution in [0.25, 0.3) is 0 Å². The van der Waals surface area contributed by atoms with Crippen molar-refractivity contribution in [2.45, 2.75) is 33.3 Å². The molecule has 1 aliphatic rings. The Balaban J connectivity index is 0.000000461. The van der Waals surface area contributed by atoms with Crippen LogP contribution in [0.15, 0.2) is 18.2 Å². The quantitative estimate of drug-likeness (QED) is 0.688. The lowest BCUT2D eigenvalue weighted by molar-refractivity contribution is 0.115. The van der Waals surface area contributed by atoms with E-state index in [4.69, 9.17) is 4.74 Å². The van der Waals surface area contributed by atoms with E-state index in [1.807, 2.05) is 39.0 Å². The Morgan fingerprint density at radius 1 is 1.36 bits per heavy atom. The van der Waals surface area contributed by atoms with Gasteiger partial charge >= 0.3 is 0 Å². The van der Waals surface area contributed by atoms with Gasteiger partial charge in [-0.1, -0.05) is 25.5 Å². The van der Waals surface area contributed by atoms with Crippen molar-refractivity contribution in [2.24, 2.45) is 0 Å². The third-order valence-electron chi connectivity index (χ3n) is 2.17. The number of fused-ring (bicyclic) bond motifs is 1. The molecule has 0 amide bonds. The van der Waals surface area contributed by atoms with E-state index in [0.29, 0.717) is 13.0 Å². The van der Waals surface area contributed by atoms with E-state index >= 15 is 0 Å². The van der Waals surface area contributed by atoms with Gasteiger partial charge in [-0.15, -0.1) is 0 Å². The highest BCUT2D eigenvalue weighted by molar-refractivity contribution is 5.39. The van der Waals surface area contributed by atoms with Crippen LogP contribution < -0.4 is 4.74 Å². The van der Waals surface area contributed by atoms with Gasteiger partial charge in [0.05, 0.1) is 12.7 Å². The molecule has 0 saturated carbocycles. The van der Waals surface area contributed by atoms with Crippen molar-refractivity contribution >= 4 is 0 Å². The van der Waals surface area contributed by atoms with Gasteiger partial charge in [0.25, 0.3) is 0 Å². The molecule has 0 radical (unpaired) electrons. The first kappa shape index (κ1) is 11.1. The van der Waals surface area contributed by atoms with Crippen LogP contribution >= 0.6 is 0 Å². The number of rotatable bonds is 0. The van der Waals surface area contributed by atoms with Gasteiger partial charge in [0.15, 0.2) is 0 Å². The average molecular weight is 194 g/mol. The van der Waals surface area contributed by atoms with Gasteiger partial charge in [-0.3, -0.25) is 0 Å². The lowest BCUT2D eigenvalue weighted by Crippen LogP contribution is -2.13. The van der Waals surface area contributed by atoms with E-state index in [9.17, 15) is 5.11 Å². The lowest BCUT2D eigenvalue weighted by atomic mass is 10.0. The highest BCUT2D eigenvalue weighted by Crippen LogP contribution is 2.32. The van der Waals surface area contributed by atoms with Crippen LogP contribution in [0.2, 0.25) is 0 Å². The summed E-state index contributed by atoms with van der Waals surface area (Å²) in [4.78, 5) is 0. The van der Waals surface area contributed by atoms with Gasteiger partial charge in [0.1, 0.15) is 5.75 Å². The molecule has 2 rings (SSSR count). The summed E-state index contributed by atoms with van der Waals surface area (Å²) in [6.45, 7) is 6.64. The second-order valence-corrected chi connectivity index (χ2v) is 3.19. The summed E-state index contributed by atoms with van der Waals surface area (Å²) in [7, 11) is 0. The maximum atomic E-state index is 9.61. The minimum atomic E-state index is -0.339. The molecule has 0 bridgehead atoms. The Labute approximate surface area is 85.5 Å². The van der Waals surface area contributed by atoms with E-state index in [1.54, 1.807) is 0 Å². The molecule has 1 atom stereocenters. The van der Waals surface area contributed by atoms with Crippen molar-refractivity contribution < 1.29 is 9.84 Å². The molecule has 1 heterocycles. The third kappa shape index (κ3) is 2.26. The van der Waals surface area contributed by atoms with Crippen molar-refractivity contribution in [3.8, 4) is 5.75 Å².